The van der Waals surface area contributed by atoms with Crippen LogP contribution < -0.4 is 16.6 Å². The lowest BCUT2D eigenvalue weighted by Crippen LogP contribution is -2.34. The zero-order valence-corrected chi connectivity index (χ0v) is 10.2. The highest BCUT2D eigenvalue weighted by Gasteiger charge is 2.22. The molecular formula is C11H20N6. The van der Waals surface area contributed by atoms with E-state index in [9.17, 15) is 0 Å². The summed E-state index contributed by atoms with van der Waals surface area (Å²) in [7, 11) is 0. The van der Waals surface area contributed by atoms with Crippen LogP contribution in [0.3, 0.4) is 0 Å². The second-order valence-electron chi connectivity index (χ2n) is 4.22. The van der Waals surface area contributed by atoms with E-state index in [2.05, 4.69) is 32.5 Å². The Morgan fingerprint density at radius 2 is 2.47 bits per heavy atom. The van der Waals surface area contributed by atoms with Gasteiger partial charge in [0.05, 0.1) is 0 Å². The van der Waals surface area contributed by atoms with E-state index in [4.69, 9.17) is 5.84 Å². The maximum Gasteiger partial charge on any atom is 0.239 e. The Labute approximate surface area is 102 Å². The fraction of sp³-hybridized carbons (Fsp3) is 0.636. The molecule has 6 nitrogen and oxygen atoms in total. The lowest BCUT2D eigenvalue weighted by Gasteiger charge is -2.23. The van der Waals surface area contributed by atoms with E-state index in [0.717, 1.165) is 18.9 Å². The third kappa shape index (κ3) is 3.04. The fourth-order valence-electron chi connectivity index (χ4n) is 2.29. The number of rotatable bonds is 5. The van der Waals surface area contributed by atoms with Gasteiger partial charge in [-0.05, 0) is 32.0 Å². The van der Waals surface area contributed by atoms with Crippen LogP contribution in [0, 0.1) is 0 Å². The molecule has 0 aliphatic carbocycles. The van der Waals surface area contributed by atoms with Gasteiger partial charge in [-0.3, -0.25) is 10.3 Å². The Morgan fingerprint density at radius 3 is 3.24 bits per heavy atom. The summed E-state index contributed by atoms with van der Waals surface area (Å²) in [5.74, 6) is 6.52. The zero-order valence-electron chi connectivity index (χ0n) is 10.2. The van der Waals surface area contributed by atoms with Gasteiger partial charge in [0.25, 0.3) is 0 Å². The first-order valence-corrected chi connectivity index (χ1v) is 6.11. The minimum absolute atomic E-state index is 0.439. The van der Waals surface area contributed by atoms with Crippen molar-refractivity contribution in [1.82, 2.24) is 14.9 Å². The third-order valence-corrected chi connectivity index (χ3v) is 3.21. The Bertz CT molecular complexity index is 356. The first kappa shape index (κ1) is 12.1. The molecule has 0 aromatic carbocycles. The molecule has 1 fully saturated rings. The van der Waals surface area contributed by atoms with Crippen molar-refractivity contribution in [2.45, 2.75) is 25.8 Å². The molecule has 1 saturated heterocycles. The van der Waals surface area contributed by atoms with Crippen LogP contribution in [0.2, 0.25) is 0 Å². The van der Waals surface area contributed by atoms with Gasteiger partial charge >= 0.3 is 0 Å². The Morgan fingerprint density at radius 1 is 1.59 bits per heavy atom. The molecule has 94 valence electrons. The van der Waals surface area contributed by atoms with E-state index >= 15 is 0 Å². The predicted octanol–water partition coefficient (Wildman–Crippen LogP) is 0.658. The summed E-state index contributed by atoms with van der Waals surface area (Å²) >= 11 is 0. The molecule has 1 atom stereocenters. The van der Waals surface area contributed by atoms with Crippen molar-refractivity contribution in [1.29, 1.82) is 0 Å². The number of hydrazine groups is 1. The van der Waals surface area contributed by atoms with E-state index in [1.807, 2.05) is 6.07 Å². The van der Waals surface area contributed by atoms with Crippen LogP contribution in [0.4, 0.5) is 11.8 Å². The second kappa shape index (κ2) is 5.79. The predicted molar refractivity (Wildman–Crippen MR) is 68.6 cm³/mol. The summed E-state index contributed by atoms with van der Waals surface area (Å²) in [6, 6.07) is 2.47. The molecule has 1 unspecified atom stereocenters. The molecule has 17 heavy (non-hydrogen) atoms. The van der Waals surface area contributed by atoms with Crippen molar-refractivity contribution in [3.63, 3.8) is 0 Å². The highest BCUT2D eigenvalue weighted by Crippen LogP contribution is 2.17. The maximum atomic E-state index is 5.27. The molecular weight excluding hydrogens is 216 g/mol. The molecule has 1 aromatic rings. The summed E-state index contributed by atoms with van der Waals surface area (Å²) in [6.07, 6.45) is 4.24. The van der Waals surface area contributed by atoms with Gasteiger partial charge in [0.1, 0.15) is 5.82 Å². The fourth-order valence-corrected chi connectivity index (χ4v) is 2.29. The van der Waals surface area contributed by atoms with E-state index in [0.29, 0.717) is 12.0 Å². The number of nitrogens with zero attached hydrogens (tertiary/aromatic N) is 3. The van der Waals surface area contributed by atoms with Crippen LogP contribution in [-0.4, -0.2) is 40.5 Å². The van der Waals surface area contributed by atoms with Gasteiger partial charge in [0.15, 0.2) is 0 Å². The average Bonchev–Trinajstić information content (AvgIpc) is 2.84. The highest BCUT2D eigenvalue weighted by atomic mass is 15.3. The molecule has 4 N–H and O–H groups in total. The number of nitrogens with two attached hydrogens (primary N) is 1. The average molecular weight is 236 g/mol. The summed E-state index contributed by atoms with van der Waals surface area (Å²) in [4.78, 5) is 10.7. The normalized spacial score (nSPS) is 20.5. The Balaban J connectivity index is 1.88. The number of hydrogen-bond donors (Lipinski definition) is 3. The van der Waals surface area contributed by atoms with Crippen molar-refractivity contribution < 1.29 is 0 Å². The largest absolute Gasteiger partial charge is 0.368 e. The van der Waals surface area contributed by atoms with E-state index in [1.165, 1.54) is 19.4 Å². The number of likely N-dealkylation sites (tertiary alicyclic amines) is 1. The minimum Gasteiger partial charge on any atom is -0.368 e. The third-order valence-electron chi connectivity index (χ3n) is 3.21. The molecule has 0 bridgehead atoms. The van der Waals surface area contributed by atoms with Crippen LogP contribution in [0.15, 0.2) is 12.3 Å². The van der Waals surface area contributed by atoms with Crippen LogP contribution in [0.25, 0.3) is 0 Å². The van der Waals surface area contributed by atoms with Crippen molar-refractivity contribution in [3.05, 3.63) is 12.3 Å². The number of likely N-dealkylation sites (N-methyl/N-ethyl adjacent to an activating group) is 1. The van der Waals surface area contributed by atoms with Crippen LogP contribution in [0.1, 0.15) is 19.8 Å². The molecule has 0 radical (unpaired) electrons. The minimum atomic E-state index is 0.439. The van der Waals surface area contributed by atoms with Gasteiger partial charge in [-0.25, -0.2) is 10.8 Å². The molecule has 2 rings (SSSR count). The van der Waals surface area contributed by atoms with Crippen molar-refractivity contribution in [3.8, 4) is 0 Å². The Hall–Kier alpha value is -1.40. The van der Waals surface area contributed by atoms with Gasteiger partial charge < -0.3 is 5.32 Å². The van der Waals surface area contributed by atoms with E-state index in [1.54, 1.807) is 6.20 Å². The highest BCUT2D eigenvalue weighted by molar-refractivity contribution is 5.38. The van der Waals surface area contributed by atoms with Crippen molar-refractivity contribution in [2.24, 2.45) is 5.84 Å². The molecule has 1 aliphatic rings. The van der Waals surface area contributed by atoms with Gasteiger partial charge in [-0.1, -0.05) is 6.92 Å². The topological polar surface area (TPSA) is 79.1 Å². The zero-order chi connectivity index (χ0) is 12.1. The van der Waals surface area contributed by atoms with Gasteiger partial charge in [-0.15, -0.1) is 0 Å². The second-order valence-corrected chi connectivity index (χ2v) is 4.22. The summed E-state index contributed by atoms with van der Waals surface area (Å²) in [5, 5.41) is 3.34. The first-order valence-electron chi connectivity index (χ1n) is 6.11. The summed E-state index contributed by atoms with van der Waals surface area (Å²) in [5.41, 5.74) is 2.44. The van der Waals surface area contributed by atoms with Crippen molar-refractivity contribution >= 4 is 11.8 Å². The SMILES string of the molecule is CCN1CCCC1CNc1ccnc(NN)n1. The van der Waals surface area contributed by atoms with Crippen LogP contribution in [-0.2, 0) is 0 Å². The van der Waals surface area contributed by atoms with Gasteiger partial charge in [0, 0.05) is 18.8 Å². The number of nitrogens with one attached hydrogen (secondary N) is 2. The standard InChI is InChI=1S/C11H20N6/c1-2-17-7-3-4-9(17)8-14-10-5-6-13-11(15-10)16-12/h5-6,9H,2-4,7-8,12H2,1H3,(H2,13,14,15,16). The maximum absolute atomic E-state index is 5.27. The monoisotopic (exact) mass is 236 g/mol. The smallest absolute Gasteiger partial charge is 0.239 e. The number of aromatic nitrogens is 2. The summed E-state index contributed by atoms with van der Waals surface area (Å²) in [6.45, 7) is 5.46. The van der Waals surface area contributed by atoms with Crippen molar-refractivity contribution in [2.75, 3.05) is 30.4 Å². The first-order chi connectivity index (χ1) is 8.33. The lowest BCUT2D eigenvalue weighted by atomic mass is 10.2. The van der Waals surface area contributed by atoms with Gasteiger partial charge in [-0.2, -0.15) is 4.98 Å². The van der Waals surface area contributed by atoms with E-state index in [-0.39, 0.29) is 0 Å². The van der Waals surface area contributed by atoms with Crippen LogP contribution in [0.5, 0.6) is 0 Å². The molecule has 0 spiro atoms. The molecule has 2 heterocycles. The molecule has 6 heteroatoms. The van der Waals surface area contributed by atoms with E-state index < -0.39 is 0 Å². The lowest BCUT2D eigenvalue weighted by molar-refractivity contribution is 0.277. The Kier molecular flexibility index (Phi) is 4.11. The quantitative estimate of drug-likeness (QED) is 0.515. The number of nitrogen functional groups attached to an aromatic ring is 1. The number of anilines is 2. The summed E-state index contributed by atoms with van der Waals surface area (Å²) < 4.78 is 0. The number of hydrogen-bond acceptors (Lipinski definition) is 6. The molecule has 0 saturated carbocycles. The molecule has 1 aliphatic heterocycles. The van der Waals surface area contributed by atoms with Gasteiger partial charge in [0.2, 0.25) is 5.95 Å². The molecule has 1 aromatic heterocycles. The molecule has 0 amide bonds. The van der Waals surface area contributed by atoms with Crippen LogP contribution >= 0.6 is 0 Å².